The molecule has 0 fully saturated rings. The zero-order chi connectivity index (χ0) is 19.1. The third-order valence-corrected chi connectivity index (χ3v) is 5.33. The fraction of sp³-hybridized carbons (Fsp3) is 0.238. The van der Waals surface area contributed by atoms with Crippen molar-refractivity contribution < 1.29 is 13.7 Å². The molecule has 2 aromatic carbocycles. The summed E-state index contributed by atoms with van der Waals surface area (Å²) in [6, 6.07) is 11.7. The van der Waals surface area contributed by atoms with Crippen LogP contribution in [0, 0.1) is 12.7 Å². The van der Waals surface area contributed by atoms with Crippen molar-refractivity contribution in [2.24, 2.45) is 0 Å². The SMILES string of the molecule is Cc1onc(-c2ccccc2Cl)c1C(=O)N1c2ccc(F)cc2CC[C@H]1C. The highest BCUT2D eigenvalue weighted by Gasteiger charge is 2.33. The van der Waals surface area contributed by atoms with Crippen molar-refractivity contribution in [2.45, 2.75) is 32.7 Å². The van der Waals surface area contributed by atoms with E-state index in [0.717, 1.165) is 24.1 Å². The number of fused-ring (bicyclic) bond motifs is 1. The second-order valence-electron chi connectivity index (χ2n) is 6.78. The summed E-state index contributed by atoms with van der Waals surface area (Å²) in [6.07, 6.45) is 1.49. The highest BCUT2D eigenvalue weighted by atomic mass is 35.5. The minimum atomic E-state index is -0.298. The Morgan fingerprint density at radius 3 is 2.85 bits per heavy atom. The topological polar surface area (TPSA) is 46.3 Å². The number of aryl methyl sites for hydroxylation is 2. The first-order chi connectivity index (χ1) is 13.0. The molecule has 0 unspecified atom stereocenters. The first-order valence-electron chi connectivity index (χ1n) is 8.80. The molecule has 0 saturated heterocycles. The summed E-state index contributed by atoms with van der Waals surface area (Å²) in [5.74, 6) is -0.0892. The molecule has 1 atom stereocenters. The molecule has 1 aliphatic rings. The van der Waals surface area contributed by atoms with Crippen LogP contribution in [-0.4, -0.2) is 17.1 Å². The molecule has 4 nitrogen and oxygen atoms in total. The molecule has 0 saturated carbocycles. The van der Waals surface area contributed by atoms with Gasteiger partial charge in [-0.3, -0.25) is 4.79 Å². The van der Waals surface area contributed by atoms with E-state index in [9.17, 15) is 9.18 Å². The lowest BCUT2D eigenvalue weighted by Gasteiger charge is -2.35. The Bertz CT molecular complexity index is 1030. The number of carbonyl (C=O) groups is 1. The summed E-state index contributed by atoms with van der Waals surface area (Å²) in [6.45, 7) is 3.70. The first-order valence-corrected chi connectivity index (χ1v) is 9.18. The number of hydrogen-bond acceptors (Lipinski definition) is 3. The van der Waals surface area contributed by atoms with Crippen molar-refractivity contribution in [3.63, 3.8) is 0 Å². The average molecular weight is 385 g/mol. The third-order valence-electron chi connectivity index (χ3n) is 5.00. The quantitative estimate of drug-likeness (QED) is 0.592. The Morgan fingerprint density at radius 2 is 2.07 bits per heavy atom. The molecule has 1 amide bonds. The van der Waals surface area contributed by atoms with Gasteiger partial charge in [0, 0.05) is 17.3 Å². The predicted molar refractivity (Wildman–Crippen MR) is 103 cm³/mol. The molecule has 6 heteroatoms. The molecule has 138 valence electrons. The Balaban J connectivity index is 1.83. The molecule has 0 aliphatic carbocycles. The monoisotopic (exact) mass is 384 g/mol. The van der Waals surface area contributed by atoms with E-state index in [-0.39, 0.29) is 17.8 Å². The summed E-state index contributed by atoms with van der Waals surface area (Å²) in [4.78, 5) is 15.2. The maximum Gasteiger partial charge on any atom is 0.264 e. The van der Waals surface area contributed by atoms with E-state index in [1.54, 1.807) is 30.0 Å². The van der Waals surface area contributed by atoms with Crippen LogP contribution >= 0.6 is 11.6 Å². The number of hydrogen-bond donors (Lipinski definition) is 0. The van der Waals surface area contributed by atoms with Crippen LogP contribution in [0.3, 0.4) is 0 Å². The lowest BCUT2D eigenvalue weighted by atomic mass is 9.95. The Morgan fingerprint density at radius 1 is 1.30 bits per heavy atom. The van der Waals surface area contributed by atoms with Crippen molar-refractivity contribution in [1.29, 1.82) is 0 Å². The van der Waals surface area contributed by atoms with Crippen LogP contribution in [0.15, 0.2) is 47.0 Å². The van der Waals surface area contributed by atoms with Crippen LogP contribution in [0.5, 0.6) is 0 Å². The van der Waals surface area contributed by atoms with E-state index >= 15 is 0 Å². The second-order valence-corrected chi connectivity index (χ2v) is 7.19. The average Bonchev–Trinajstić information content (AvgIpc) is 3.03. The van der Waals surface area contributed by atoms with Crippen LogP contribution in [0.1, 0.15) is 35.0 Å². The van der Waals surface area contributed by atoms with Gasteiger partial charge >= 0.3 is 0 Å². The van der Waals surface area contributed by atoms with Gasteiger partial charge in [0.05, 0.1) is 5.02 Å². The highest BCUT2D eigenvalue weighted by molar-refractivity contribution is 6.33. The number of halogens is 2. The van der Waals surface area contributed by atoms with E-state index in [1.807, 2.05) is 19.1 Å². The van der Waals surface area contributed by atoms with E-state index in [4.69, 9.17) is 16.1 Å². The molecular weight excluding hydrogens is 367 g/mol. The summed E-state index contributed by atoms with van der Waals surface area (Å²) in [7, 11) is 0. The lowest BCUT2D eigenvalue weighted by molar-refractivity contribution is 0.0974. The third kappa shape index (κ3) is 3.02. The summed E-state index contributed by atoms with van der Waals surface area (Å²) in [5.41, 5.74) is 3.00. The van der Waals surface area contributed by atoms with Crippen molar-refractivity contribution in [2.75, 3.05) is 4.90 Å². The van der Waals surface area contributed by atoms with Gasteiger partial charge < -0.3 is 9.42 Å². The number of anilines is 1. The summed E-state index contributed by atoms with van der Waals surface area (Å²) < 4.78 is 19.0. The molecule has 0 bridgehead atoms. The minimum absolute atomic E-state index is 0.0242. The van der Waals surface area contributed by atoms with Gasteiger partial charge in [-0.2, -0.15) is 0 Å². The molecule has 2 heterocycles. The van der Waals surface area contributed by atoms with Gasteiger partial charge in [-0.25, -0.2) is 4.39 Å². The summed E-state index contributed by atoms with van der Waals surface area (Å²) >= 11 is 6.31. The van der Waals surface area contributed by atoms with Crippen molar-refractivity contribution in [3.05, 3.63) is 70.2 Å². The fourth-order valence-corrected chi connectivity index (χ4v) is 3.84. The number of benzene rings is 2. The van der Waals surface area contributed by atoms with Crippen LogP contribution in [0.25, 0.3) is 11.3 Å². The number of nitrogens with zero attached hydrogens (tertiary/aromatic N) is 2. The zero-order valence-corrected chi connectivity index (χ0v) is 15.8. The minimum Gasteiger partial charge on any atom is -0.360 e. The van der Waals surface area contributed by atoms with Gasteiger partial charge in [0.25, 0.3) is 5.91 Å². The molecule has 0 spiro atoms. The van der Waals surface area contributed by atoms with Crippen molar-refractivity contribution in [1.82, 2.24) is 5.16 Å². The molecule has 1 aliphatic heterocycles. The van der Waals surface area contributed by atoms with E-state index in [2.05, 4.69) is 5.16 Å². The lowest BCUT2D eigenvalue weighted by Crippen LogP contribution is -2.42. The molecule has 0 radical (unpaired) electrons. The Hall–Kier alpha value is -2.66. The van der Waals surface area contributed by atoms with Gasteiger partial charge in [0.2, 0.25) is 0 Å². The largest absolute Gasteiger partial charge is 0.360 e. The van der Waals surface area contributed by atoms with Crippen molar-refractivity contribution >= 4 is 23.2 Å². The Kier molecular flexibility index (Phi) is 4.48. The molecule has 0 N–H and O–H groups in total. The predicted octanol–water partition coefficient (Wildman–Crippen LogP) is 5.42. The molecule has 4 rings (SSSR count). The van der Waals surface area contributed by atoms with Crippen LogP contribution < -0.4 is 4.90 Å². The number of rotatable bonds is 2. The maximum absolute atomic E-state index is 13.6. The number of amides is 1. The van der Waals surface area contributed by atoms with E-state index in [1.165, 1.54) is 12.1 Å². The van der Waals surface area contributed by atoms with Gasteiger partial charge in [0.1, 0.15) is 22.8 Å². The van der Waals surface area contributed by atoms with Gasteiger partial charge in [0.15, 0.2) is 0 Å². The standard InChI is InChI=1S/C21H18ClFN2O2/c1-12-7-8-14-11-15(23)9-10-18(14)25(12)21(26)19-13(2)27-24-20(19)16-5-3-4-6-17(16)22/h3-6,9-12H,7-8H2,1-2H3/t12-/m1/s1. The maximum atomic E-state index is 13.6. The molecule has 3 aromatic rings. The van der Waals surface area contributed by atoms with Crippen LogP contribution in [0.2, 0.25) is 5.02 Å². The van der Waals surface area contributed by atoms with Crippen LogP contribution in [0.4, 0.5) is 10.1 Å². The summed E-state index contributed by atoms with van der Waals surface area (Å²) in [5, 5.41) is 4.59. The van der Waals surface area contributed by atoms with Gasteiger partial charge in [-0.1, -0.05) is 35.0 Å². The van der Waals surface area contributed by atoms with Gasteiger partial charge in [-0.15, -0.1) is 0 Å². The Labute approximate surface area is 161 Å². The normalized spacial score (nSPS) is 16.3. The first kappa shape index (κ1) is 17.7. The van der Waals surface area contributed by atoms with E-state index in [0.29, 0.717) is 27.6 Å². The smallest absolute Gasteiger partial charge is 0.264 e. The van der Waals surface area contributed by atoms with Gasteiger partial charge in [-0.05, 0) is 56.5 Å². The van der Waals surface area contributed by atoms with Crippen LogP contribution in [-0.2, 0) is 6.42 Å². The van der Waals surface area contributed by atoms with Crippen molar-refractivity contribution in [3.8, 4) is 11.3 Å². The molecule has 1 aromatic heterocycles. The fourth-order valence-electron chi connectivity index (χ4n) is 3.61. The highest BCUT2D eigenvalue weighted by Crippen LogP contribution is 2.36. The molecule has 27 heavy (non-hydrogen) atoms. The zero-order valence-electron chi connectivity index (χ0n) is 15.0. The number of aromatic nitrogens is 1. The van der Waals surface area contributed by atoms with E-state index < -0.39 is 0 Å². The molecular formula is C21H18ClFN2O2. The second kappa shape index (κ2) is 6.82. The number of carbonyl (C=O) groups excluding carboxylic acids is 1.